The highest BCUT2D eigenvalue weighted by Crippen LogP contribution is 2.28. The zero-order valence-electron chi connectivity index (χ0n) is 16.7. The Morgan fingerprint density at radius 1 is 0.966 bits per heavy atom. The normalized spacial score (nSPS) is 10.0. The van der Waals surface area contributed by atoms with Gasteiger partial charge in [0.15, 0.2) is 11.5 Å². The van der Waals surface area contributed by atoms with Gasteiger partial charge in [0.2, 0.25) is 11.8 Å². The molecule has 0 aliphatic rings. The van der Waals surface area contributed by atoms with Crippen LogP contribution in [-0.4, -0.2) is 31.4 Å². The first-order chi connectivity index (χ1) is 13.9. The molecule has 3 amide bonds. The van der Waals surface area contributed by atoms with Crippen molar-refractivity contribution in [3.05, 3.63) is 53.6 Å². The molecular weight excluding hydrogens is 374 g/mol. The number of amides is 3. The molecule has 154 valence electrons. The molecule has 0 spiro atoms. The van der Waals surface area contributed by atoms with Crippen LogP contribution in [-0.2, 0) is 16.0 Å². The van der Waals surface area contributed by atoms with Crippen LogP contribution in [0.2, 0.25) is 0 Å². The van der Waals surface area contributed by atoms with Crippen molar-refractivity contribution in [2.75, 3.05) is 19.0 Å². The molecule has 0 radical (unpaired) electrons. The summed E-state index contributed by atoms with van der Waals surface area (Å²) in [5, 5.41) is 2.65. The molecule has 29 heavy (non-hydrogen) atoms. The van der Waals surface area contributed by atoms with Crippen LogP contribution in [0.5, 0.6) is 11.5 Å². The minimum absolute atomic E-state index is 0.0771. The third-order valence-electron chi connectivity index (χ3n) is 3.84. The van der Waals surface area contributed by atoms with E-state index in [2.05, 4.69) is 16.2 Å². The summed E-state index contributed by atoms with van der Waals surface area (Å²) in [5.41, 5.74) is 6.47. The molecular formula is C21H25N3O5. The van der Waals surface area contributed by atoms with Crippen LogP contribution in [0.15, 0.2) is 42.5 Å². The number of carbonyl (C=O) groups is 3. The Balaban J connectivity index is 1.89. The van der Waals surface area contributed by atoms with E-state index >= 15 is 0 Å². The number of hydrazine groups is 1. The van der Waals surface area contributed by atoms with Gasteiger partial charge in [-0.3, -0.25) is 25.2 Å². The second-order valence-electron chi connectivity index (χ2n) is 6.27. The van der Waals surface area contributed by atoms with Crippen LogP contribution in [0.4, 0.5) is 5.69 Å². The summed E-state index contributed by atoms with van der Waals surface area (Å²) in [6.07, 6.45) is 0.932. The quantitative estimate of drug-likeness (QED) is 0.591. The smallest absolute Gasteiger partial charge is 0.269 e. The van der Waals surface area contributed by atoms with Crippen molar-refractivity contribution in [1.82, 2.24) is 10.9 Å². The van der Waals surface area contributed by atoms with Gasteiger partial charge >= 0.3 is 0 Å². The van der Waals surface area contributed by atoms with Crippen LogP contribution >= 0.6 is 0 Å². The molecule has 0 unspecified atom stereocenters. The standard InChI is InChI=1S/C21H25N3O5/c1-4-11-29-18-10-7-16(13-19(18)28-3)21(27)24-23-20(26)12-15-5-8-17(9-6-15)22-14(2)25/h5-10,13H,4,11-12H2,1-3H3,(H,22,25)(H,23,26)(H,24,27). The van der Waals surface area contributed by atoms with Crippen LogP contribution in [0.3, 0.4) is 0 Å². The molecule has 0 bridgehead atoms. The number of methoxy groups -OCH3 is 1. The Hall–Kier alpha value is -3.55. The van der Waals surface area contributed by atoms with E-state index in [1.54, 1.807) is 42.5 Å². The molecule has 8 nitrogen and oxygen atoms in total. The third-order valence-corrected chi connectivity index (χ3v) is 3.84. The maximum atomic E-state index is 12.3. The predicted molar refractivity (Wildman–Crippen MR) is 109 cm³/mol. The van der Waals surface area contributed by atoms with E-state index in [0.717, 1.165) is 12.0 Å². The van der Waals surface area contributed by atoms with E-state index in [9.17, 15) is 14.4 Å². The molecule has 0 atom stereocenters. The molecule has 0 heterocycles. The number of hydrogen-bond acceptors (Lipinski definition) is 5. The van der Waals surface area contributed by atoms with Gasteiger partial charge in [0.1, 0.15) is 0 Å². The monoisotopic (exact) mass is 399 g/mol. The van der Waals surface area contributed by atoms with Crippen molar-refractivity contribution in [1.29, 1.82) is 0 Å². The van der Waals surface area contributed by atoms with E-state index in [1.807, 2.05) is 6.92 Å². The average Bonchev–Trinajstić information content (AvgIpc) is 2.71. The highest BCUT2D eigenvalue weighted by atomic mass is 16.5. The van der Waals surface area contributed by atoms with Crippen LogP contribution in [0, 0.1) is 0 Å². The summed E-state index contributed by atoms with van der Waals surface area (Å²) in [5.74, 6) is -0.0192. The fourth-order valence-electron chi connectivity index (χ4n) is 2.48. The average molecular weight is 399 g/mol. The molecule has 0 saturated heterocycles. The van der Waals surface area contributed by atoms with Gasteiger partial charge in [0.25, 0.3) is 5.91 Å². The van der Waals surface area contributed by atoms with Crippen molar-refractivity contribution in [2.45, 2.75) is 26.7 Å². The van der Waals surface area contributed by atoms with Crippen molar-refractivity contribution in [3.63, 3.8) is 0 Å². The van der Waals surface area contributed by atoms with Gasteiger partial charge < -0.3 is 14.8 Å². The summed E-state index contributed by atoms with van der Waals surface area (Å²) < 4.78 is 10.8. The largest absolute Gasteiger partial charge is 0.493 e. The molecule has 8 heteroatoms. The van der Waals surface area contributed by atoms with E-state index < -0.39 is 5.91 Å². The summed E-state index contributed by atoms with van der Waals surface area (Å²) in [6.45, 7) is 3.96. The number of hydrogen-bond donors (Lipinski definition) is 3. The summed E-state index contributed by atoms with van der Waals surface area (Å²) in [6, 6.07) is 11.7. The van der Waals surface area contributed by atoms with Gasteiger partial charge in [-0.05, 0) is 42.3 Å². The molecule has 2 aromatic carbocycles. The molecule has 2 rings (SSSR count). The molecule has 2 aromatic rings. The van der Waals surface area contributed by atoms with Crippen molar-refractivity contribution >= 4 is 23.4 Å². The van der Waals surface area contributed by atoms with Gasteiger partial charge in [-0.15, -0.1) is 0 Å². The fourth-order valence-corrected chi connectivity index (χ4v) is 2.48. The predicted octanol–water partition coefficient (Wildman–Crippen LogP) is 2.45. The highest BCUT2D eigenvalue weighted by Gasteiger charge is 2.12. The lowest BCUT2D eigenvalue weighted by atomic mass is 10.1. The first-order valence-electron chi connectivity index (χ1n) is 9.19. The van der Waals surface area contributed by atoms with Crippen LogP contribution in [0.1, 0.15) is 36.2 Å². The Kier molecular flexibility index (Phi) is 8.02. The second kappa shape index (κ2) is 10.7. The topological polar surface area (TPSA) is 106 Å². The van der Waals surface area contributed by atoms with Gasteiger partial charge in [-0.2, -0.15) is 0 Å². The minimum Gasteiger partial charge on any atom is -0.493 e. The fraction of sp³-hybridized carbons (Fsp3) is 0.286. The Bertz CT molecular complexity index is 865. The second-order valence-corrected chi connectivity index (χ2v) is 6.27. The number of benzene rings is 2. The Labute approximate surface area is 169 Å². The number of carbonyl (C=O) groups excluding carboxylic acids is 3. The molecule has 0 aliphatic heterocycles. The van der Waals surface area contributed by atoms with Gasteiger partial charge in [-0.25, -0.2) is 0 Å². The van der Waals surface area contributed by atoms with E-state index in [4.69, 9.17) is 9.47 Å². The minimum atomic E-state index is -0.473. The molecule has 0 aliphatic carbocycles. The number of nitrogens with one attached hydrogen (secondary N) is 3. The van der Waals surface area contributed by atoms with E-state index in [-0.39, 0.29) is 18.2 Å². The first kappa shape index (κ1) is 21.7. The molecule has 0 aromatic heterocycles. The molecule has 0 fully saturated rings. The molecule has 0 saturated carbocycles. The maximum Gasteiger partial charge on any atom is 0.269 e. The van der Waals surface area contributed by atoms with Gasteiger partial charge in [0, 0.05) is 18.2 Å². The summed E-state index contributed by atoms with van der Waals surface area (Å²) >= 11 is 0. The number of ether oxygens (including phenoxy) is 2. The van der Waals surface area contributed by atoms with Crippen molar-refractivity contribution in [2.24, 2.45) is 0 Å². The van der Waals surface area contributed by atoms with Crippen molar-refractivity contribution in [3.8, 4) is 11.5 Å². The maximum absolute atomic E-state index is 12.3. The van der Waals surface area contributed by atoms with E-state index in [1.165, 1.54) is 14.0 Å². The van der Waals surface area contributed by atoms with E-state index in [0.29, 0.717) is 29.4 Å². The number of rotatable bonds is 8. The zero-order chi connectivity index (χ0) is 21.2. The Morgan fingerprint density at radius 3 is 2.31 bits per heavy atom. The van der Waals surface area contributed by atoms with Gasteiger partial charge in [-0.1, -0.05) is 19.1 Å². The van der Waals surface area contributed by atoms with Gasteiger partial charge in [0.05, 0.1) is 20.1 Å². The first-order valence-corrected chi connectivity index (χ1v) is 9.19. The van der Waals surface area contributed by atoms with Crippen LogP contribution < -0.4 is 25.6 Å². The zero-order valence-corrected chi connectivity index (χ0v) is 16.7. The SMILES string of the molecule is CCCOc1ccc(C(=O)NNC(=O)Cc2ccc(NC(C)=O)cc2)cc1OC. The third kappa shape index (κ3) is 6.84. The lowest BCUT2D eigenvalue weighted by Crippen LogP contribution is -2.42. The lowest BCUT2D eigenvalue weighted by Gasteiger charge is -2.12. The lowest BCUT2D eigenvalue weighted by molar-refractivity contribution is -0.121. The van der Waals surface area contributed by atoms with Crippen LogP contribution in [0.25, 0.3) is 0 Å². The highest BCUT2D eigenvalue weighted by molar-refractivity contribution is 5.96. The van der Waals surface area contributed by atoms with Crippen molar-refractivity contribution < 1.29 is 23.9 Å². The molecule has 3 N–H and O–H groups in total. The number of anilines is 1. The Morgan fingerprint density at radius 2 is 1.69 bits per heavy atom. The summed E-state index contributed by atoms with van der Waals surface area (Å²) in [7, 11) is 1.49. The summed E-state index contributed by atoms with van der Waals surface area (Å²) in [4.78, 5) is 35.4.